The van der Waals surface area contributed by atoms with Crippen LogP contribution in [0.3, 0.4) is 0 Å². The van der Waals surface area contributed by atoms with Crippen molar-refractivity contribution in [3.05, 3.63) is 72.4 Å². The van der Waals surface area contributed by atoms with Crippen LogP contribution in [0.5, 0.6) is 5.75 Å². The molecule has 0 aliphatic heterocycles. The molecule has 0 aliphatic rings. The topological polar surface area (TPSA) is 64.4 Å². The van der Waals surface area contributed by atoms with Crippen molar-refractivity contribution in [3.63, 3.8) is 0 Å². The number of aliphatic carboxylic acids is 1. The molecule has 0 fully saturated rings. The molecule has 0 spiro atoms. The Balaban J connectivity index is 1.89. The van der Waals surface area contributed by atoms with Gasteiger partial charge in [0.25, 0.3) is 0 Å². The molecule has 0 saturated heterocycles. The lowest BCUT2D eigenvalue weighted by Gasteiger charge is -2.08. The van der Waals surface area contributed by atoms with Crippen LogP contribution in [-0.4, -0.2) is 27.5 Å². The highest BCUT2D eigenvalue weighted by Gasteiger charge is 2.11. The molecule has 0 radical (unpaired) electrons. The summed E-state index contributed by atoms with van der Waals surface area (Å²) in [6.07, 6.45) is 5.53. The van der Waals surface area contributed by atoms with Crippen molar-refractivity contribution in [3.8, 4) is 22.7 Å². The van der Waals surface area contributed by atoms with E-state index < -0.39 is 5.97 Å². The van der Waals surface area contributed by atoms with Gasteiger partial charge in [-0.2, -0.15) is 5.10 Å². The van der Waals surface area contributed by atoms with Crippen LogP contribution in [0.2, 0.25) is 0 Å². The minimum absolute atomic E-state index is 0.602. The Bertz CT molecular complexity index is 942. The second-order valence-corrected chi connectivity index (χ2v) is 6.94. The zero-order valence-corrected chi connectivity index (χ0v) is 16.1. The van der Waals surface area contributed by atoms with Crippen LogP contribution in [-0.2, 0) is 4.79 Å². The lowest BCUT2D eigenvalue weighted by atomic mass is 10.1. The average Bonchev–Trinajstić information content (AvgIpc) is 3.12. The van der Waals surface area contributed by atoms with Gasteiger partial charge in [0.2, 0.25) is 0 Å². The second kappa shape index (κ2) is 9.04. The number of hydrogen-bond acceptors (Lipinski definition) is 3. The van der Waals surface area contributed by atoms with Gasteiger partial charge < -0.3 is 9.84 Å². The number of carboxylic acid groups (broad SMARTS) is 1. The normalized spacial score (nSPS) is 11.2. The van der Waals surface area contributed by atoms with Gasteiger partial charge in [0.1, 0.15) is 5.75 Å². The number of ether oxygens (including phenoxy) is 1. The fraction of sp³-hybridized carbons (Fsp3) is 0.217. The monoisotopic (exact) mass is 376 g/mol. The van der Waals surface area contributed by atoms with Gasteiger partial charge in [-0.15, -0.1) is 0 Å². The van der Waals surface area contributed by atoms with Gasteiger partial charge in [-0.05, 0) is 54.8 Å². The van der Waals surface area contributed by atoms with E-state index in [1.807, 2.05) is 60.8 Å². The van der Waals surface area contributed by atoms with Crippen LogP contribution in [0.1, 0.15) is 25.8 Å². The summed E-state index contributed by atoms with van der Waals surface area (Å²) in [6, 6.07) is 17.4. The van der Waals surface area contributed by atoms with Crippen molar-refractivity contribution < 1.29 is 14.6 Å². The lowest BCUT2D eigenvalue weighted by molar-refractivity contribution is -0.131. The lowest BCUT2D eigenvalue weighted by Crippen LogP contribution is -2.01. The number of carbonyl (C=O) groups is 1. The SMILES string of the molecule is CC(C)CCOc1ccc(-c2nn(-c3ccccc3)cc2/C=C/C(=O)O)cc1. The fourth-order valence-corrected chi connectivity index (χ4v) is 2.73. The molecular formula is C23H24N2O3. The smallest absolute Gasteiger partial charge is 0.328 e. The van der Waals surface area contributed by atoms with E-state index in [0.717, 1.165) is 40.8 Å². The van der Waals surface area contributed by atoms with Crippen LogP contribution in [0.4, 0.5) is 0 Å². The first-order chi connectivity index (χ1) is 13.5. The minimum Gasteiger partial charge on any atom is -0.494 e. The number of aromatic nitrogens is 2. The van der Waals surface area contributed by atoms with E-state index in [2.05, 4.69) is 18.9 Å². The van der Waals surface area contributed by atoms with Crippen LogP contribution in [0.15, 0.2) is 66.9 Å². The Morgan fingerprint density at radius 2 is 1.86 bits per heavy atom. The van der Waals surface area contributed by atoms with E-state index in [4.69, 9.17) is 9.84 Å². The fourth-order valence-electron chi connectivity index (χ4n) is 2.73. The van der Waals surface area contributed by atoms with Crippen LogP contribution in [0.25, 0.3) is 23.0 Å². The van der Waals surface area contributed by atoms with E-state index in [9.17, 15) is 4.79 Å². The molecule has 3 rings (SSSR count). The first kappa shape index (κ1) is 19.4. The average molecular weight is 376 g/mol. The largest absolute Gasteiger partial charge is 0.494 e. The summed E-state index contributed by atoms with van der Waals surface area (Å²) in [4.78, 5) is 11.0. The number of carboxylic acids is 1. The van der Waals surface area contributed by atoms with Crippen molar-refractivity contribution in [2.45, 2.75) is 20.3 Å². The molecule has 28 heavy (non-hydrogen) atoms. The highest BCUT2D eigenvalue weighted by Crippen LogP contribution is 2.27. The zero-order valence-electron chi connectivity index (χ0n) is 16.1. The maximum absolute atomic E-state index is 11.0. The zero-order chi connectivity index (χ0) is 19.9. The van der Waals surface area contributed by atoms with Crippen LogP contribution in [0, 0.1) is 5.92 Å². The third-order valence-electron chi connectivity index (χ3n) is 4.26. The van der Waals surface area contributed by atoms with Crippen molar-refractivity contribution in [2.75, 3.05) is 6.61 Å². The number of rotatable bonds is 8. The summed E-state index contributed by atoms with van der Waals surface area (Å²) in [6.45, 7) is 5.02. The highest BCUT2D eigenvalue weighted by molar-refractivity contribution is 5.87. The molecule has 0 atom stereocenters. The quantitative estimate of drug-likeness (QED) is 0.558. The molecule has 1 aromatic heterocycles. The molecule has 144 valence electrons. The molecular weight excluding hydrogens is 352 g/mol. The molecule has 0 saturated carbocycles. The van der Waals surface area contributed by atoms with E-state index in [1.165, 1.54) is 0 Å². The van der Waals surface area contributed by atoms with Gasteiger partial charge >= 0.3 is 5.97 Å². The summed E-state index contributed by atoms with van der Waals surface area (Å²) in [5.41, 5.74) is 3.26. The Morgan fingerprint density at radius 3 is 2.50 bits per heavy atom. The summed E-state index contributed by atoms with van der Waals surface area (Å²) < 4.78 is 7.53. The number of hydrogen-bond donors (Lipinski definition) is 1. The van der Waals surface area contributed by atoms with Crippen molar-refractivity contribution in [2.24, 2.45) is 5.92 Å². The molecule has 5 nitrogen and oxygen atoms in total. The summed E-state index contributed by atoms with van der Waals surface area (Å²) in [5, 5.41) is 13.7. The van der Waals surface area contributed by atoms with Crippen molar-refractivity contribution >= 4 is 12.0 Å². The molecule has 5 heteroatoms. The van der Waals surface area contributed by atoms with Crippen molar-refractivity contribution in [1.29, 1.82) is 0 Å². The van der Waals surface area contributed by atoms with Gasteiger partial charge in [-0.3, -0.25) is 0 Å². The van der Waals surface area contributed by atoms with Gasteiger partial charge in [0.15, 0.2) is 0 Å². The standard InChI is InChI=1S/C23H24N2O3/c1-17(2)14-15-28-21-11-8-18(9-12-21)23-19(10-13-22(26)27)16-25(24-23)20-6-4-3-5-7-20/h3-13,16-17H,14-15H2,1-2H3,(H,26,27)/b13-10+. The van der Waals surface area contributed by atoms with E-state index >= 15 is 0 Å². The molecule has 1 N–H and O–H groups in total. The first-order valence-electron chi connectivity index (χ1n) is 9.32. The number of benzene rings is 2. The van der Waals surface area contributed by atoms with E-state index in [1.54, 1.807) is 10.8 Å². The van der Waals surface area contributed by atoms with Gasteiger partial charge in [-0.1, -0.05) is 32.0 Å². The van der Waals surface area contributed by atoms with Crippen LogP contribution >= 0.6 is 0 Å². The van der Waals surface area contributed by atoms with Gasteiger partial charge in [0.05, 0.1) is 18.0 Å². The highest BCUT2D eigenvalue weighted by atomic mass is 16.5. The predicted octanol–water partition coefficient (Wildman–Crippen LogP) is 5.06. The van der Waals surface area contributed by atoms with Gasteiger partial charge in [-0.25, -0.2) is 9.48 Å². The van der Waals surface area contributed by atoms with Crippen LogP contribution < -0.4 is 4.74 Å². The Kier molecular flexibility index (Phi) is 6.27. The number of nitrogens with zero attached hydrogens (tertiary/aromatic N) is 2. The molecule has 0 unspecified atom stereocenters. The minimum atomic E-state index is -0.993. The summed E-state index contributed by atoms with van der Waals surface area (Å²) >= 11 is 0. The predicted molar refractivity (Wildman–Crippen MR) is 111 cm³/mol. The molecule has 2 aromatic carbocycles. The molecule has 0 aliphatic carbocycles. The Morgan fingerprint density at radius 1 is 1.14 bits per heavy atom. The number of para-hydroxylation sites is 1. The molecule has 3 aromatic rings. The summed E-state index contributed by atoms with van der Waals surface area (Å²) in [7, 11) is 0. The Labute approximate surface area is 164 Å². The molecule has 0 amide bonds. The maximum atomic E-state index is 11.0. The Hall–Kier alpha value is -3.34. The maximum Gasteiger partial charge on any atom is 0.328 e. The molecule has 0 bridgehead atoms. The van der Waals surface area contributed by atoms with E-state index in [-0.39, 0.29) is 0 Å². The van der Waals surface area contributed by atoms with E-state index in [0.29, 0.717) is 12.5 Å². The third kappa shape index (κ3) is 5.10. The second-order valence-electron chi connectivity index (χ2n) is 6.94. The third-order valence-corrected chi connectivity index (χ3v) is 4.26. The summed E-state index contributed by atoms with van der Waals surface area (Å²) in [5.74, 6) is 0.423. The first-order valence-corrected chi connectivity index (χ1v) is 9.32. The van der Waals surface area contributed by atoms with Crippen molar-refractivity contribution in [1.82, 2.24) is 9.78 Å². The van der Waals surface area contributed by atoms with Gasteiger partial charge in [0, 0.05) is 23.4 Å². The molecule has 1 heterocycles.